The fourth-order valence-corrected chi connectivity index (χ4v) is 3.65. The van der Waals surface area contributed by atoms with Crippen molar-refractivity contribution in [1.29, 1.82) is 0 Å². The van der Waals surface area contributed by atoms with Crippen molar-refractivity contribution in [3.05, 3.63) is 53.3 Å². The number of hydrogen-bond acceptors (Lipinski definition) is 4. The van der Waals surface area contributed by atoms with Gasteiger partial charge in [0.05, 0.1) is 17.3 Å². The van der Waals surface area contributed by atoms with Gasteiger partial charge in [0.2, 0.25) is 5.91 Å². The quantitative estimate of drug-likeness (QED) is 0.803. The third-order valence-electron chi connectivity index (χ3n) is 4.88. The lowest BCUT2D eigenvalue weighted by molar-refractivity contribution is -0.125. The maximum atomic E-state index is 12.6. The van der Waals surface area contributed by atoms with Crippen LogP contribution in [0.15, 0.2) is 36.5 Å². The molecule has 2 aromatic rings. The Morgan fingerprint density at radius 3 is 2.63 bits per heavy atom. The number of nitrogens with one attached hydrogen (secondary N) is 2. The van der Waals surface area contributed by atoms with Gasteiger partial charge in [-0.25, -0.2) is 0 Å². The average Bonchev–Trinajstić information content (AvgIpc) is 3.18. The van der Waals surface area contributed by atoms with E-state index in [0.29, 0.717) is 37.3 Å². The lowest BCUT2D eigenvalue weighted by atomic mass is 10.1. The molecule has 2 heterocycles. The van der Waals surface area contributed by atoms with E-state index in [9.17, 15) is 9.59 Å². The largest absolute Gasteiger partial charge is 0.355 e. The first-order valence-corrected chi connectivity index (χ1v) is 9.34. The van der Waals surface area contributed by atoms with Gasteiger partial charge in [-0.15, -0.1) is 0 Å². The molecule has 0 bridgehead atoms. The second kappa shape index (κ2) is 8.35. The predicted molar refractivity (Wildman–Crippen MR) is 103 cm³/mol. The SMILES string of the molecule is CCNC(=O)[C@@H]1C[C@@H](NC(=O)c2cn(C)nc2C)CN1Cc1ccccc1. The van der Waals surface area contributed by atoms with Gasteiger partial charge in [0.15, 0.2) is 0 Å². The number of carbonyl (C=O) groups excluding carboxylic acids is 2. The predicted octanol–water partition coefficient (Wildman–Crippen LogP) is 1.24. The van der Waals surface area contributed by atoms with Crippen LogP contribution in [0.1, 0.15) is 35.0 Å². The Morgan fingerprint density at radius 2 is 2.00 bits per heavy atom. The molecule has 1 fully saturated rings. The molecule has 2 atom stereocenters. The van der Waals surface area contributed by atoms with Gasteiger partial charge in [-0.3, -0.25) is 19.2 Å². The van der Waals surface area contributed by atoms with E-state index in [1.807, 2.05) is 32.0 Å². The number of benzene rings is 1. The highest BCUT2D eigenvalue weighted by atomic mass is 16.2. The third-order valence-corrected chi connectivity index (χ3v) is 4.88. The van der Waals surface area contributed by atoms with Gasteiger partial charge in [-0.05, 0) is 25.8 Å². The molecular formula is C20H27N5O2. The molecule has 1 aromatic heterocycles. The van der Waals surface area contributed by atoms with Crippen LogP contribution in [0.2, 0.25) is 0 Å². The standard InChI is InChI=1S/C20H27N5O2/c1-4-21-20(27)18-10-16(12-25(18)11-15-8-6-5-7-9-15)22-19(26)17-13-24(3)23-14(17)2/h5-9,13,16,18H,4,10-12H2,1-3H3,(H,21,27)(H,22,26)/t16-,18+/m1/s1. The first kappa shape index (κ1) is 19.1. The molecule has 3 rings (SSSR count). The lowest BCUT2D eigenvalue weighted by Gasteiger charge is -2.23. The second-order valence-corrected chi connectivity index (χ2v) is 7.03. The summed E-state index contributed by atoms with van der Waals surface area (Å²) in [7, 11) is 1.80. The zero-order valence-electron chi connectivity index (χ0n) is 16.1. The van der Waals surface area contributed by atoms with E-state index in [1.54, 1.807) is 17.9 Å². The van der Waals surface area contributed by atoms with Gasteiger partial charge in [-0.1, -0.05) is 30.3 Å². The second-order valence-electron chi connectivity index (χ2n) is 7.03. The Kier molecular flexibility index (Phi) is 5.91. The molecule has 1 aliphatic rings. The van der Waals surface area contributed by atoms with Crippen molar-refractivity contribution in [1.82, 2.24) is 25.3 Å². The van der Waals surface area contributed by atoms with Crippen LogP contribution >= 0.6 is 0 Å². The lowest BCUT2D eigenvalue weighted by Crippen LogP contribution is -2.42. The highest BCUT2D eigenvalue weighted by Gasteiger charge is 2.37. The first-order chi connectivity index (χ1) is 13.0. The molecule has 0 saturated carbocycles. The average molecular weight is 369 g/mol. The summed E-state index contributed by atoms with van der Waals surface area (Å²) in [5.74, 6) is -0.121. The van der Waals surface area contributed by atoms with Crippen LogP contribution in [-0.4, -0.2) is 51.7 Å². The number of nitrogens with zero attached hydrogens (tertiary/aromatic N) is 3. The van der Waals surface area contributed by atoms with Crippen molar-refractivity contribution < 1.29 is 9.59 Å². The summed E-state index contributed by atoms with van der Waals surface area (Å²) in [4.78, 5) is 27.3. The fourth-order valence-electron chi connectivity index (χ4n) is 3.65. The van der Waals surface area contributed by atoms with E-state index in [-0.39, 0.29) is 23.9 Å². The molecule has 7 nitrogen and oxygen atoms in total. The smallest absolute Gasteiger partial charge is 0.255 e. The Bertz CT molecular complexity index is 802. The van der Waals surface area contributed by atoms with Crippen LogP contribution in [0.5, 0.6) is 0 Å². The van der Waals surface area contributed by atoms with E-state index in [1.165, 1.54) is 0 Å². The summed E-state index contributed by atoms with van der Waals surface area (Å²) < 4.78 is 1.64. The Morgan fingerprint density at radius 1 is 1.26 bits per heavy atom. The van der Waals surface area contributed by atoms with E-state index < -0.39 is 0 Å². The minimum atomic E-state index is -0.245. The van der Waals surface area contributed by atoms with Crippen LogP contribution in [0, 0.1) is 6.92 Å². The van der Waals surface area contributed by atoms with Crippen LogP contribution < -0.4 is 10.6 Å². The first-order valence-electron chi connectivity index (χ1n) is 9.34. The number of aryl methyl sites for hydroxylation is 2. The number of likely N-dealkylation sites (tertiary alicyclic amines) is 1. The summed E-state index contributed by atoms with van der Waals surface area (Å²) in [6, 6.07) is 9.76. The molecule has 27 heavy (non-hydrogen) atoms. The summed E-state index contributed by atoms with van der Waals surface area (Å²) in [6.45, 7) is 5.66. The number of likely N-dealkylation sites (N-methyl/N-ethyl adjacent to an activating group) is 1. The zero-order valence-corrected chi connectivity index (χ0v) is 16.1. The maximum Gasteiger partial charge on any atom is 0.255 e. The number of rotatable bonds is 6. The van der Waals surface area contributed by atoms with E-state index in [4.69, 9.17) is 0 Å². The highest BCUT2D eigenvalue weighted by Crippen LogP contribution is 2.21. The van der Waals surface area contributed by atoms with E-state index in [2.05, 4.69) is 32.8 Å². The van der Waals surface area contributed by atoms with E-state index >= 15 is 0 Å². The van der Waals surface area contributed by atoms with Gasteiger partial charge in [-0.2, -0.15) is 5.10 Å². The Hall–Kier alpha value is -2.67. The number of carbonyl (C=O) groups is 2. The normalized spacial score (nSPS) is 19.8. The monoisotopic (exact) mass is 369 g/mol. The van der Waals surface area contributed by atoms with Gasteiger partial charge in [0, 0.05) is 38.9 Å². The van der Waals surface area contributed by atoms with Crippen molar-refractivity contribution in [3.63, 3.8) is 0 Å². The number of amides is 2. The molecule has 2 amide bonds. The Balaban J connectivity index is 1.71. The molecule has 0 radical (unpaired) electrons. The van der Waals surface area contributed by atoms with Gasteiger partial charge in [0.25, 0.3) is 5.91 Å². The van der Waals surface area contributed by atoms with Crippen LogP contribution in [0.3, 0.4) is 0 Å². The van der Waals surface area contributed by atoms with Crippen LogP contribution in [-0.2, 0) is 18.4 Å². The van der Waals surface area contributed by atoms with Crippen molar-refractivity contribution in [2.24, 2.45) is 7.05 Å². The molecule has 1 aliphatic heterocycles. The van der Waals surface area contributed by atoms with E-state index in [0.717, 1.165) is 5.56 Å². The Labute approximate surface area is 159 Å². The zero-order chi connectivity index (χ0) is 19.4. The molecule has 7 heteroatoms. The van der Waals surface area contributed by atoms with Gasteiger partial charge < -0.3 is 10.6 Å². The minimum absolute atomic E-state index is 0.0164. The van der Waals surface area contributed by atoms with Gasteiger partial charge >= 0.3 is 0 Å². The van der Waals surface area contributed by atoms with Crippen molar-refractivity contribution in [2.45, 2.75) is 38.9 Å². The van der Waals surface area contributed by atoms with Crippen LogP contribution in [0.4, 0.5) is 0 Å². The molecule has 1 aromatic carbocycles. The third kappa shape index (κ3) is 4.54. The van der Waals surface area contributed by atoms with Crippen molar-refractivity contribution >= 4 is 11.8 Å². The summed E-state index contributed by atoms with van der Waals surface area (Å²) in [6.07, 6.45) is 2.33. The molecule has 0 spiro atoms. The highest BCUT2D eigenvalue weighted by molar-refractivity contribution is 5.95. The van der Waals surface area contributed by atoms with Gasteiger partial charge in [0.1, 0.15) is 0 Å². The molecular weight excluding hydrogens is 342 g/mol. The molecule has 2 N–H and O–H groups in total. The summed E-state index contributed by atoms with van der Waals surface area (Å²) in [5.41, 5.74) is 2.44. The topological polar surface area (TPSA) is 79.3 Å². The fraction of sp³-hybridized carbons (Fsp3) is 0.450. The van der Waals surface area contributed by atoms with Crippen molar-refractivity contribution in [2.75, 3.05) is 13.1 Å². The van der Waals surface area contributed by atoms with Crippen molar-refractivity contribution in [3.8, 4) is 0 Å². The summed E-state index contributed by atoms with van der Waals surface area (Å²) in [5, 5.41) is 10.2. The minimum Gasteiger partial charge on any atom is -0.355 e. The summed E-state index contributed by atoms with van der Waals surface area (Å²) >= 11 is 0. The molecule has 0 unspecified atom stereocenters. The van der Waals surface area contributed by atoms with Crippen LogP contribution in [0.25, 0.3) is 0 Å². The maximum absolute atomic E-state index is 12.6. The number of hydrogen-bond donors (Lipinski definition) is 2. The molecule has 0 aliphatic carbocycles. The number of aromatic nitrogens is 2. The molecule has 1 saturated heterocycles. The molecule has 144 valence electrons.